The van der Waals surface area contributed by atoms with E-state index in [9.17, 15) is 19.8 Å². The van der Waals surface area contributed by atoms with Gasteiger partial charge in [-0.3, -0.25) is 9.59 Å². The summed E-state index contributed by atoms with van der Waals surface area (Å²) >= 11 is 6.23. The number of hydrogen-bond acceptors (Lipinski definition) is 7. The Hall–Kier alpha value is -2.20. The molecule has 10 heteroatoms. The van der Waals surface area contributed by atoms with Gasteiger partial charge < -0.3 is 26.2 Å². The first-order valence-corrected chi connectivity index (χ1v) is 11.3. The maximum Gasteiger partial charge on any atom is 0.266 e. The number of hydrogen-bond donors (Lipinski definition) is 4. The number of hydrazone groups is 1. The van der Waals surface area contributed by atoms with Crippen molar-refractivity contribution < 1.29 is 19.8 Å². The third kappa shape index (κ3) is 7.74. The SMILES string of the molecule is CN(CCCN)C(=O)/C=N\N(CO)c1ccc(Cl)c(C(=O)NCC2(O)CCCCCC2)c1. The summed E-state index contributed by atoms with van der Waals surface area (Å²) in [6.45, 7) is 0.624. The fourth-order valence-electron chi connectivity index (χ4n) is 3.59. The monoisotopic (exact) mass is 467 g/mol. The number of amides is 2. The fraction of sp³-hybridized carbons (Fsp3) is 0.591. The molecule has 0 heterocycles. The molecule has 178 valence electrons. The summed E-state index contributed by atoms with van der Waals surface area (Å²) in [6, 6.07) is 4.61. The molecule has 9 nitrogen and oxygen atoms in total. The number of aliphatic hydroxyl groups excluding tert-OH is 1. The number of nitrogens with zero attached hydrogens (tertiary/aromatic N) is 3. The normalized spacial score (nSPS) is 15.9. The average molecular weight is 468 g/mol. The van der Waals surface area contributed by atoms with Crippen LogP contribution in [0.15, 0.2) is 23.3 Å². The Bertz CT molecular complexity index is 797. The minimum atomic E-state index is -0.909. The van der Waals surface area contributed by atoms with Gasteiger partial charge in [-0.2, -0.15) is 5.10 Å². The van der Waals surface area contributed by atoms with Crippen LogP contribution in [0.2, 0.25) is 5.02 Å². The lowest BCUT2D eigenvalue weighted by Gasteiger charge is -2.27. The van der Waals surface area contributed by atoms with Crippen LogP contribution in [0.25, 0.3) is 0 Å². The molecule has 0 aromatic heterocycles. The van der Waals surface area contributed by atoms with Crippen LogP contribution >= 0.6 is 11.6 Å². The number of aliphatic hydroxyl groups is 2. The molecule has 1 aromatic rings. The van der Waals surface area contributed by atoms with E-state index in [1.807, 2.05) is 0 Å². The van der Waals surface area contributed by atoms with Crippen molar-refractivity contribution >= 4 is 35.3 Å². The van der Waals surface area contributed by atoms with Gasteiger partial charge in [0.25, 0.3) is 11.8 Å². The third-order valence-corrected chi connectivity index (χ3v) is 5.95. The molecule has 2 rings (SSSR count). The minimum absolute atomic E-state index is 0.151. The molecule has 1 aliphatic rings. The van der Waals surface area contributed by atoms with Gasteiger partial charge in [0, 0.05) is 20.1 Å². The van der Waals surface area contributed by atoms with Crippen LogP contribution in [0, 0.1) is 0 Å². The maximum absolute atomic E-state index is 12.8. The molecule has 0 spiro atoms. The lowest BCUT2D eigenvalue weighted by atomic mass is 9.94. The molecule has 1 aromatic carbocycles. The Labute approximate surface area is 194 Å². The zero-order chi connectivity index (χ0) is 23.6. The largest absolute Gasteiger partial charge is 0.388 e. The summed E-state index contributed by atoms with van der Waals surface area (Å²) in [5.74, 6) is -0.755. The van der Waals surface area contributed by atoms with Gasteiger partial charge in [-0.05, 0) is 44.0 Å². The van der Waals surface area contributed by atoms with Crippen molar-refractivity contribution in [2.75, 3.05) is 38.4 Å². The van der Waals surface area contributed by atoms with E-state index in [2.05, 4.69) is 10.4 Å². The van der Waals surface area contributed by atoms with Crippen LogP contribution in [0.3, 0.4) is 0 Å². The van der Waals surface area contributed by atoms with Crippen LogP contribution in [0.4, 0.5) is 5.69 Å². The second-order valence-electron chi connectivity index (χ2n) is 8.17. The Kier molecular flexibility index (Phi) is 10.4. The van der Waals surface area contributed by atoms with Gasteiger partial charge in [-0.25, -0.2) is 5.01 Å². The third-order valence-electron chi connectivity index (χ3n) is 5.62. The molecule has 0 unspecified atom stereocenters. The van der Waals surface area contributed by atoms with E-state index in [0.29, 0.717) is 38.0 Å². The summed E-state index contributed by atoms with van der Waals surface area (Å²) < 4.78 is 0. The van der Waals surface area contributed by atoms with Gasteiger partial charge in [0.1, 0.15) is 12.9 Å². The molecule has 0 radical (unpaired) electrons. The number of anilines is 1. The summed E-state index contributed by atoms with van der Waals surface area (Å²) in [5.41, 5.74) is 5.13. The van der Waals surface area contributed by atoms with Gasteiger partial charge in [0.15, 0.2) is 0 Å². The Balaban J connectivity index is 2.08. The Morgan fingerprint density at radius 1 is 1.28 bits per heavy atom. The van der Waals surface area contributed by atoms with E-state index in [4.69, 9.17) is 17.3 Å². The number of halogens is 1. The number of benzene rings is 1. The van der Waals surface area contributed by atoms with Gasteiger partial charge in [0.2, 0.25) is 0 Å². The number of carbonyl (C=O) groups excluding carboxylic acids is 2. The number of rotatable bonds is 10. The highest BCUT2D eigenvalue weighted by molar-refractivity contribution is 6.34. The summed E-state index contributed by atoms with van der Waals surface area (Å²) in [4.78, 5) is 26.4. The maximum atomic E-state index is 12.8. The fourth-order valence-corrected chi connectivity index (χ4v) is 3.80. The van der Waals surface area contributed by atoms with Gasteiger partial charge >= 0.3 is 0 Å². The van der Waals surface area contributed by atoms with Crippen LogP contribution in [-0.4, -0.2) is 72.2 Å². The van der Waals surface area contributed by atoms with Gasteiger partial charge in [-0.1, -0.05) is 37.3 Å². The summed E-state index contributed by atoms with van der Waals surface area (Å²) in [7, 11) is 1.64. The van der Waals surface area contributed by atoms with Crippen molar-refractivity contribution in [3.05, 3.63) is 28.8 Å². The summed E-state index contributed by atoms with van der Waals surface area (Å²) in [6.07, 6.45) is 7.13. The van der Waals surface area contributed by atoms with Crippen molar-refractivity contribution in [1.82, 2.24) is 10.2 Å². The first-order chi connectivity index (χ1) is 15.3. The highest BCUT2D eigenvalue weighted by Gasteiger charge is 2.28. The second-order valence-corrected chi connectivity index (χ2v) is 8.58. The van der Waals surface area contributed by atoms with E-state index in [-0.39, 0.29) is 23.0 Å². The van der Waals surface area contributed by atoms with Crippen molar-refractivity contribution in [3.63, 3.8) is 0 Å². The van der Waals surface area contributed by atoms with Crippen LogP contribution in [0.1, 0.15) is 55.3 Å². The number of nitrogens with two attached hydrogens (primary N) is 1. The standard InChI is InChI=1S/C22H34ClN5O4/c1-27(12-6-11-24)20(30)14-26-28(16-29)17-7-8-19(23)18(13-17)21(31)25-15-22(32)9-4-2-3-5-10-22/h7-8,13-14,29,32H,2-6,9-12,15-16,24H2,1H3,(H,25,31)/b26-14-. The topological polar surface area (TPSA) is 131 Å². The molecule has 5 N–H and O–H groups in total. The molecule has 0 aliphatic heterocycles. The molecule has 1 saturated carbocycles. The molecule has 32 heavy (non-hydrogen) atoms. The van der Waals surface area contributed by atoms with E-state index in [1.54, 1.807) is 13.1 Å². The highest BCUT2D eigenvalue weighted by Crippen LogP contribution is 2.27. The molecule has 1 aliphatic carbocycles. The Morgan fingerprint density at radius 3 is 2.59 bits per heavy atom. The van der Waals surface area contributed by atoms with Crippen LogP contribution < -0.4 is 16.1 Å². The molecule has 0 bridgehead atoms. The highest BCUT2D eigenvalue weighted by atomic mass is 35.5. The number of nitrogens with one attached hydrogen (secondary N) is 1. The van der Waals surface area contributed by atoms with Crippen molar-refractivity contribution in [3.8, 4) is 0 Å². The average Bonchev–Trinajstić information content (AvgIpc) is 3.01. The molecule has 1 fully saturated rings. The quantitative estimate of drug-likeness (QED) is 0.179. The van der Waals surface area contributed by atoms with Gasteiger partial charge in [-0.15, -0.1) is 0 Å². The van der Waals surface area contributed by atoms with E-state index >= 15 is 0 Å². The zero-order valence-electron chi connectivity index (χ0n) is 18.6. The van der Waals surface area contributed by atoms with Crippen molar-refractivity contribution in [2.24, 2.45) is 10.8 Å². The van der Waals surface area contributed by atoms with E-state index in [0.717, 1.165) is 31.9 Å². The van der Waals surface area contributed by atoms with Crippen molar-refractivity contribution in [1.29, 1.82) is 0 Å². The predicted molar refractivity (Wildman–Crippen MR) is 126 cm³/mol. The molecule has 2 amide bonds. The Morgan fingerprint density at radius 2 is 1.97 bits per heavy atom. The lowest BCUT2D eigenvalue weighted by Crippen LogP contribution is -2.42. The summed E-state index contributed by atoms with van der Waals surface area (Å²) in [5, 5.41) is 28.7. The zero-order valence-corrected chi connectivity index (χ0v) is 19.4. The molecular formula is C22H34ClN5O4. The number of carbonyl (C=O) groups is 2. The lowest BCUT2D eigenvalue weighted by molar-refractivity contribution is -0.122. The minimum Gasteiger partial charge on any atom is -0.388 e. The molecule has 0 atom stereocenters. The van der Waals surface area contributed by atoms with Gasteiger partial charge in [0.05, 0.1) is 21.9 Å². The van der Waals surface area contributed by atoms with Crippen LogP contribution in [-0.2, 0) is 4.79 Å². The van der Waals surface area contributed by atoms with Crippen molar-refractivity contribution in [2.45, 2.75) is 50.5 Å². The van der Waals surface area contributed by atoms with E-state index in [1.165, 1.54) is 22.0 Å². The molecule has 0 saturated heterocycles. The predicted octanol–water partition coefficient (Wildman–Crippen LogP) is 1.70. The van der Waals surface area contributed by atoms with Crippen LogP contribution in [0.5, 0.6) is 0 Å². The first kappa shape index (κ1) is 26.1. The van der Waals surface area contributed by atoms with E-state index < -0.39 is 18.2 Å². The molecular weight excluding hydrogens is 434 g/mol. The first-order valence-electron chi connectivity index (χ1n) is 11.0. The second kappa shape index (κ2) is 12.7. The smallest absolute Gasteiger partial charge is 0.266 e.